The summed E-state index contributed by atoms with van der Waals surface area (Å²) in [6, 6.07) is 1.88. The molecule has 0 radical (unpaired) electrons. The lowest BCUT2D eigenvalue weighted by Crippen LogP contribution is -2.38. The second-order valence-electron chi connectivity index (χ2n) is 4.87. The van der Waals surface area contributed by atoms with Gasteiger partial charge in [0, 0.05) is 25.7 Å². The van der Waals surface area contributed by atoms with E-state index >= 15 is 0 Å². The van der Waals surface area contributed by atoms with E-state index in [2.05, 4.69) is 5.10 Å². The van der Waals surface area contributed by atoms with Crippen LogP contribution in [0.2, 0.25) is 0 Å². The largest absolute Gasteiger partial charge is 0.481 e. The Bertz CT molecular complexity index is 408. The van der Waals surface area contributed by atoms with Crippen molar-refractivity contribution in [3.05, 3.63) is 18.0 Å². The molecule has 17 heavy (non-hydrogen) atoms. The van der Waals surface area contributed by atoms with Gasteiger partial charge in [-0.05, 0) is 18.9 Å². The summed E-state index contributed by atoms with van der Waals surface area (Å²) >= 11 is 0. The quantitative estimate of drug-likeness (QED) is 0.821. The fourth-order valence-electron chi connectivity index (χ4n) is 2.97. The van der Waals surface area contributed by atoms with Gasteiger partial charge in [-0.1, -0.05) is 12.8 Å². The summed E-state index contributed by atoms with van der Waals surface area (Å²) in [4.78, 5) is 11.6. The third-order valence-corrected chi connectivity index (χ3v) is 3.92. The number of aryl methyl sites for hydroxylation is 1. The van der Waals surface area contributed by atoms with Gasteiger partial charge in [-0.15, -0.1) is 0 Å². The molecule has 94 valence electrons. The number of carboxylic acids is 1. The molecule has 1 atom stereocenters. The van der Waals surface area contributed by atoms with E-state index in [0.29, 0.717) is 19.4 Å². The minimum atomic E-state index is -0.726. The molecule has 0 spiro atoms. The van der Waals surface area contributed by atoms with Gasteiger partial charge in [0.15, 0.2) is 0 Å². The number of hydrogen-bond donors (Lipinski definition) is 2. The summed E-state index contributed by atoms with van der Waals surface area (Å²) in [7, 11) is 1.83. The Labute approximate surface area is 101 Å². The van der Waals surface area contributed by atoms with Crippen molar-refractivity contribution in [2.24, 2.45) is 18.2 Å². The van der Waals surface area contributed by atoms with Gasteiger partial charge in [-0.2, -0.15) is 5.10 Å². The highest BCUT2D eigenvalue weighted by Crippen LogP contribution is 2.48. The summed E-state index contributed by atoms with van der Waals surface area (Å²) in [6.45, 7) is 0.337. The van der Waals surface area contributed by atoms with Gasteiger partial charge < -0.3 is 10.8 Å². The van der Waals surface area contributed by atoms with Crippen LogP contribution in [0.1, 0.15) is 37.3 Å². The molecule has 1 aromatic rings. The van der Waals surface area contributed by atoms with Crippen LogP contribution in [-0.2, 0) is 11.8 Å². The molecule has 0 bridgehead atoms. The minimum Gasteiger partial charge on any atom is -0.481 e. The van der Waals surface area contributed by atoms with Gasteiger partial charge in [-0.25, -0.2) is 0 Å². The predicted octanol–water partition coefficient (Wildman–Crippen LogP) is 1.11. The molecule has 1 fully saturated rings. The summed E-state index contributed by atoms with van der Waals surface area (Å²) < 4.78 is 1.70. The first-order chi connectivity index (χ1) is 8.10. The van der Waals surface area contributed by atoms with Crippen LogP contribution in [0.4, 0.5) is 0 Å². The highest BCUT2D eigenvalue weighted by molar-refractivity contribution is 5.76. The first kappa shape index (κ1) is 12.1. The van der Waals surface area contributed by atoms with Crippen LogP contribution in [0.15, 0.2) is 12.3 Å². The third-order valence-electron chi connectivity index (χ3n) is 3.92. The molecule has 0 aliphatic heterocycles. The molecule has 2 rings (SSSR count). The Balaban J connectivity index is 2.36. The normalized spacial score (nSPS) is 20.4. The zero-order valence-electron chi connectivity index (χ0n) is 10.1. The van der Waals surface area contributed by atoms with Crippen molar-refractivity contribution < 1.29 is 9.90 Å². The summed E-state index contributed by atoms with van der Waals surface area (Å²) in [5, 5.41) is 13.9. The van der Waals surface area contributed by atoms with Crippen LogP contribution >= 0.6 is 0 Å². The van der Waals surface area contributed by atoms with Gasteiger partial charge in [0.2, 0.25) is 0 Å². The van der Waals surface area contributed by atoms with Crippen LogP contribution in [0.5, 0.6) is 0 Å². The summed E-state index contributed by atoms with van der Waals surface area (Å²) in [5.74, 6) is -0.903. The van der Waals surface area contributed by atoms with Crippen molar-refractivity contribution in [2.75, 3.05) is 6.54 Å². The van der Waals surface area contributed by atoms with E-state index < -0.39 is 11.4 Å². The van der Waals surface area contributed by atoms with E-state index in [1.54, 1.807) is 4.68 Å². The molecule has 1 aliphatic carbocycles. The summed E-state index contributed by atoms with van der Waals surface area (Å²) in [5.41, 5.74) is 5.90. The number of nitrogens with two attached hydrogens (primary N) is 1. The van der Waals surface area contributed by atoms with Crippen molar-refractivity contribution in [1.82, 2.24) is 9.78 Å². The highest BCUT2D eigenvalue weighted by Gasteiger charge is 2.48. The SMILES string of the molecule is Cn1ccc([C@H](CN)C2(C(=O)O)CCCC2)n1. The van der Waals surface area contributed by atoms with Crippen LogP contribution < -0.4 is 5.73 Å². The first-order valence-corrected chi connectivity index (χ1v) is 6.03. The first-order valence-electron chi connectivity index (χ1n) is 6.03. The van der Waals surface area contributed by atoms with Gasteiger partial charge in [-0.3, -0.25) is 9.48 Å². The Morgan fingerprint density at radius 1 is 1.65 bits per heavy atom. The molecule has 0 unspecified atom stereocenters. The van der Waals surface area contributed by atoms with Crippen molar-refractivity contribution in [1.29, 1.82) is 0 Å². The number of aliphatic carboxylic acids is 1. The zero-order valence-corrected chi connectivity index (χ0v) is 10.1. The van der Waals surface area contributed by atoms with E-state index in [4.69, 9.17) is 5.73 Å². The van der Waals surface area contributed by atoms with E-state index in [-0.39, 0.29) is 5.92 Å². The lowest BCUT2D eigenvalue weighted by atomic mass is 9.72. The number of aromatic nitrogens is 2. The Hall–Kier alpha value is -1.36. The van der Waals surface area contributed by atoms with Gasteiger partial charge in [0.25, 0.3) is 0 Å². The zero-order chi connectivity index (χ0) is 12.5. The molecule has 1 saturated carbocycles. The molecule has 5 nitrogen and oxygen atoms in total. The Morgan fingerprint density at radius 2 is 2.29 bits per heavy atom. The molecule has 0 saturated heterocycles. The second kappa shape index (κ2) is 4.49. The average Bonchev–Trinajstić information content (AvgIpc) is 2.90. The molecule has 1 aromatic heterocycles. The smallest absolute Gasteiger partial charge is 0.310 e. The van der Waals surface area contributed by atoms with Crippen LogP contribution in [0.3, 0.4) is 0 Å². The van der Waals surface area contributed by atoms with Crippen LogP contribution in [0.25, 0.3) is 0 Å². The highest BCUT2D eigenvalue weighted by atomic mass is 16.4. The molecule has 0 aromatic carbocycles. The van der Waals surface area contributed by atoms with E-state index in [9.17, 15) is 9.90 Å². The van der Waals surface area contributed by atoms with E-state index in [0.717, 1.165) is 18.5 Å². The molecular formula is C12H19N3O2. The minimum absolute atomic E-state index is 0.177. The van der Waals surface area contributed by atoms with Crippen LogP contribution in [-0.4, -0.2) is 27.4 Å². The second-order valence-corrected chi connectivity index (χ2v) is 4.87. The monoisotopic (exact) mass is 237 g/mol. The number of carbonyl (C=O) groups is 1. The number of carboxylic acid groups (broad SMARTS) is 1. The van der Waals surface area contributed by atoms with Crippen molar-refractivity contribution in [2.45, 2.75) is 31.6 Å². The van der Waals surface area contributed by atoms with Crippen molar-refractivity contribution in [3.8, 4) is 0 Å². The lowest BCUT2D eigenvalue weighted by molar-refractivity contribution is -0.150. The third kappa shape index (κ3) is 1.95. The van der Waals surface area contributed by atoms with Crippen LogP contribution in [0, 0.1) is 5.41 Å². The fraction of sp³-hybridized carbons (Fsp3) is 0.667. The maximum Gasteiger partial charge on any atom is 0.310 e. The molecule has 1 heterocycles. The van der Waals surface area contributed by atoms with Gasteiger partial charge in [0.1, 0.15) is 0 Å². The molecule has 1 aliphatic rings. The predicted molar refractivity (Wildman–Crippen MR) is 63.5 cm³/mol. The standard InChI is InChI=1S/C12H19N3O2/c1-15-7-4-10(14-15)9(8-13)12(11(16)17)5-2-3-6-12/h4,7,9H,2-3,5-6,8,13H2,1H3,(H,16,17)/t9-/m0/s1. The number of rotatable bonds is 4. The number of nitrogens with zero attached hydrogens (tertiary/aromatic N) is 2. The molecule has 5 heteroatoms. The van der Waals surface area contributed by atoms with E-state index in [1.807, 2.05) is 19.3 Å². The molecule has 3 N–H and O–H groups in total. The number of hydrogen-bond acceptors (Lipinski definition) is 3. The Morgan fingerprint density at radius 3 is 2.71 bits per heavy atom. The van der Waals surface area contributed by atoms with Gasteiger partial charge in [0.05, 0.1) is 11.1 Å². The van der Waals surface area contributed by atoms with Gasteiger partial charge >= 0.3 is 5.97 Å². The van der Waals surface area contributed by atoms with Crippen molar-refractivity contribution in [3.63, 3.8) is 0 Å². The maximum atomic E-state index is 11.6. The van der Waals surface area contributed by atoms with E-state index in [1.165, 1.54) is 0 Å². The average molecular weight is 237 g/mol. The van der Waals surface area contributed by atoms with Crippen molar-refractivity contribution >= 4 is 5.97 Å². The fourth-order valence-corrected chi connectivity index (χ4v) is 2.97. The molecular weight excluding hydrogens is 218 g/mol. The lowest BCUT2D eigenvalue weighted by Gasteiger charge is -2.31. The Kier molecular flexibility index (Phi) is 3.19. The molecule has 0 amide bonds. The maximum absolute atomic E-state index is 11.6. The summed E-state index contributed by atoms with van der Waals surface area (Å²) in [6.07, 6.45) is 5.19. The topological polar surface area (TPSA) is 81.1 Å².